The summed E-state index contributed by atoms with van der Waals surface area (Å²) in [6, 6.07) is 13.2. The molecule has 136 valence electrons. The number of nitrogens with zero attached hydrogens (tertiary/aromatic N) is 1. The first-order valence-electron chi connectivity index (χ1n) is 7.83. The molecule has 2 amide bonds. The van der Waals surface area contributed by atoms with Crippen LogP contribution >= 0.6 is 11.6 Å². The molecule has 0 saturated carbocycles. The number of sulfonamides is 1. The molecule has 1 aliphatic heterocycles. The van der Waals surface area contributed by atoms with Crippen LogP contribution in [0, 0.1) is 0 Å². The molecule has 2 aromatic carbocycles. The van der Waals surface area contributed by atoms with E-state index in [-0.39, 0.29) is 17.7 Å². The Balaban J connectivity index is 1.79. The zero-order valence-electron chi connectivity index (χ0n) is 13.6. The van der Waals surface area contributed by atoms with E-state index in [0.29, 0.717) is 15.0 Å². The topological polar surface area (TPSA) is 95.6 Å². The van der Waals surface area contributed by atoms with Gasteiger partial charge in [-0.05, 0) is 42.8 Å². The average molecular weight is 394 g/mol. The molecule has 1 heterocycles. The fraction of sp³-hybridized carbons (Fsp3) is 0.176. The number of halogens is 1. The molecule has 0 aromatic heterocycles. The van der Waals surface area contributed by atoms with Gasteiger partial charge >= 0.3 is 0 Å². The predicted octanol–water partition coefficient (Wildman–Crippen LogP) is 2.16. The van der Waals surface area contributed by atoms with Crippen molar-refractivity contribution in [1.82, 2.24) is 9.73 Å². The van der Waals surface area contributed by atoms with Crippen LogP contribution in [0.15, 0.2) is 59.5 Å². The third kappa shape index (κ3) is 3.66. The smallest absolute Gasteiger partial charge is 0.267 e. The van der Waals surface area contributed by atoms with E-state index in [1.807, 2.05) is 6.07 Å². The molecular formula is C17H16ClN3O4S. The highest BCUT2D eigenvalue weighted by molar-refractivity contribution is 7.89. The van der Waals surface area contributed by atoms with Gasteiger partial charge in [0.2, 0.25) is 5.91 Å². The molecule has 2 aromatic rings. The quantitative estimate of drug-likeness (QED) is 0.759. The Morgan fingerprint density at radius 2 is 1.73 bits per heavy atom. The molecule has 0 spiro atoms. The van der Waals surface area contributed by atoms with Gasteiger partial charge in [0.25, 0.3) is 15.9 Å². The standard InChI is InChI=1S/C17H16ClN3O4S/c18-12-6-8-14(9-7-12)26(24,25)21-15(10-11-16(21)22)17(23)20-19-13-4-2-1-3-5-13/h1-9,15,19H,10-11H2,(H,20,23). The molecule has 0 radical (unpaired) electrons. The van der Waals surface area contributed by atoms with Crippen LogP contribution in [0.5, 0.6) is 0 Å². The van der Waals surface area contributed by atoms with Crippen LogP contribution in [0.2, 0.25) is 5.02 Å². The third-order valence-corrected chi connectivity index (χ3v) is 6.03. The number of benzene rings is 2. The van der Waals surface area contributed by atoms with Gasteiger partial charge < -0.3 is 0 Å². The number of amides is 2. The Morgan fingerprint density at radius 3 is 2.38 bits per heavy atom. The van der Waals surface area contributed by atoms with Gasteiger partial charge in [-0.25, -0.2) is 12.7 Å². The van der Waals surface area contributed by atoms with E-state index in [2.05, 4.69) is 10.9 Å². The first-order chi connectivity index (χ1) is 12.4. The highest BCUT2D eigenvalue weighted by atomic mass is 35.5. The minimum atomic E-state index is -4.15. The second-order valence-electron chi connectivity index (χ2n) is 5.68. The van der Waals surface area contributed by atoms with Crippen molar-refractivity contribution in [2.45, 2.75) is 23.8 Å². The Morgan fingerprint density at radius 1 is 1.08 bits per heavy atom. The highest BCUT2D eigenvalue weighted by Gasteiger charge is 2.44. The molecule has 26 heavy (non-hydrogen) atoms. The van der Waals surface area contributed by atoms with E-state index >= 15 is 0 Å². The van der Waals surface area contributed by atoms with Gasteiger partial charge in [-0.3, -0.25) is 20.4 Å². The van der Waals surface area contributed by atoms with Gasteiger partial charge in [0.1, 0.15) is 6.04 Å². The summed E-state index contributed by atoms with van der Waals surface area (Å²) in [5, 5.41) is 0.373. The summed E-state index contributed by atoms with van der Waals surface area (Å²) in [5.41, 5.74) is 5.80. The number of hydrogen-bond acceptors (Lipinski definition) is 5. The van der Waals surface area contributed by atoms with Crippen LogP contribution in [0.1, 0.15) is 12.8 Å². The fourth-order valence-corrected chi connectivity index (χ4v) is 4.39. The van der Waals surface area contributed by atoms with Crippen molar-refractivity contribution in [1.29, 1.82) is 0 Å². The highest BCUT2D eigenvalue weighted by Crippen LogP contribution is 2.28. The lowest BCUT2D eigenvalue weighted by molar-refractivity contribution is -0.130. The number of hydrazine groups is 1. The summed E-state index contributed by atoms with van der Waals surface area (Å²) in [7, 11) is -4.15. The Hall–Kier alpha value is -2.58. The number of carbonyl (C=O) groups is 2. The number of anilines is 1. The SMILES string of the molecule is O=C(NNc1ccccc1)C1CCC(=O)N1S(=O)(=O)c1ccc(Cl)cc1. The normalized spacial score (nSPS) is 17.2. The number of para-hydroxylation sites is 1. The van der Waals surface area contributed by atoms with E-state index in [9.17, 15) is 18.0 Å². The molecule has 0 aliphatic carbocycles. The van der Waals surface area contributed by atoms with Gasteiger partial charge in [0.15, 0.2) is 0 Å². The number of hydrogen-bond donors (Lipinski definition) is 2. The summed E-state index contributed by atoms with van der Waals surface area (Å²) in [4.78, 5) is 24.5. The molecule has 7 nitrogen and oxygen atoms in total. The largest absolute Gasteiger partial charge is 0.299 e. The van der Waals surface area contributed by atoms with Crippen LogP contribution < -0.4 is 10.9 Å². The summed E-state index contributed by atoms with van der Waals surface area (Å²) < 4.78 is 26.3. The van der Waals surface area contributed by atoms with Gasteiger partial charge in [0.05, 0.1) is 10.6 Å². The first kappa shape index (κ1) is 18.2. The van der Waals surface area contributed by atoms with Crippen LogP contribution in [-0.4, -0.2) is 30.6 Å². The number of nitrogens with one attached hydrogen (secondary N) is 2. The fourth-order valence-electron chi connectivity index (χ4n) is 2.66. The first-order valence-corrected chi connectivity index (χ1v) is 9.65. The predicted molar refractivity (Wildman–Crippen MR) is 96.7 cm³/mol. The lowest BCUT2D eigenvalue weighted by Crippen LogP contribution is -2.48. The summed E-state index contributed by atoms with van der Waals surface area (Å²) in [5.74, 6) is -1.21. The van der Waals surface area contributed by atoms with Crippen molar-refractivity contribution in [3.63, 3.8) is 0 Å². The third-order valence-electron chi connectivity index (χ3n) is 3.94. The van der Waals surface area contributed by atoms with Crippen molar-refractivity contribution in [2.24, 2.45) is 0 Å². The minimum Gasteiger partial charge on any atom is -0.299 e. The van der Waals surface area contributed by atoms with Gasteiger partial charge in [-0.2, -0.15) is 0 Å². The number of carbonyl (C=O) groups excluding carboxylic acids is 2. The maximum Gasteiger partial charge on any atom is 0.267 e. The molecule has 1 saturated heterocycles. The summed E-state index contributed by atoms with van der Waals surface area (Å²) in [6.07, 6.45) is 0.101. The van der Waals surface area contributed by atoms with Crippen LogP contribution in [-0.2, 0) is 19.6 Å². The van der Waals surface area contributed by atoms with E-state index < -0.39 is 27.9 Å². The minimum absolute atomic E-state index is 0.0176. The molecule has 9 heteroatoms. The molecule has 1 unspecified atom stereocenters. The monoisotopic (exact) mass is 393 g/mol. The molecule has 1 fully saturated rings. The van der Waals surface area contributed by atoms with Gasteiger partial charge in [-0.15, -0.1) is 0 Å². The second kappa shape index (κ2) is 7.35. The van der Waals surface area contributed by atoms with Crippen molar-refractivity contribution in [3.05, 3.63) is 59.6 Å². The lowest BCUT2D eigenvalue weighted by Gasteiger charge is -2.24. The zero-order chi connectivity index (χ0) is 18.7. The van der Waals surface area contributed by atoms with Gasteiger partial charge in [0, 0.05) is 11.4 Å². The second-order valence-corrected chi connectivity index (χ2v) is 7.93. The maximum atomic E-state index is 12.8. The average Bonchev–Trinajstić information content (AvgIpc) is 3.03. The molecule has 3 rings (SSSR count). The van der Waals surface area contributed by atoms with E-state index in [1.54, 1.807) is 24.3 Å². The molecule has 2 N–H and O–H groups in total. The van der Waals surface area contributed by atoms with E-state index in [1.165, 1.54) is 24.3 Å². The lowest BCUT2D eigenvalue weighted by atomic mass is 10.2. The number of rotatable bonds is 5. The van der Waals surface area contributed by atoms with Crippen LogP contribution in [0.4, 0.5) is 5.69 Å². The summed E-state index contributed by atoms with van der Waals surface area (Å²) >= 11 is 5.78. The summed E-state index contributed by atoms with van der Waals surface area (Å²) in [6.45, 7) is 0. The van der Waals surface area contributed by atoms with E-state index in [0.717, 1.165) is 0 Å². The van der Waals surface area contributed by atoms with Crippen molar-refractivity contribution in [2.75, 3.05) is 5.43 Å². The van der Waals surface area contributed by atoms with E-state index in [4.69, 9.17) is 11.6 Å². The Kier molecular flexibility index (Phi) is 5.15. The zero-order valence-corrected chi connectivity index (χ0v) is 15.1. The molecular weight excluding hydrogens is 378 g/mol. The van der Waals surface area contributed by atoms with Crippen LogP contribution in [0.25, 0.3) is 0 Å². The molecule has 1 aliphatic rings. The van der Waals surface area contributed by atoms with Crippen molar-refractivity contribution in [3.8, 4) is 0 Å². The molecule has 0 bridgehead atoms. The Bertz CT molecular complexity index is 917. The van der Waals surface area contributed by atoms with Crippen LogP contribution in [0.3, 0.4) is 0 Å². The molecule has 1 atom stereocenters. The van der Waals surface area contributed by atoms with Gasteiger partial charge in [-0.1, -0.05) is 29.8 Å². The van der Waals surface area contributed by atoms with Crippen molar-refractivity contribution >= 4 is 39.1 Å². The van der Waals surface area contributed by atoms with Crippen molar-refractivity contribution < 1.29 is 18.0 Å². The Labute approximate surface area is 156 Å². The maximum absolute atomic E-state index is 12.8.